The quantitative estimate of drug-likeness (QED) is 0.0859. The van der Waals surface area contributed by atoms with Gasteiger partial charge in [-0.3, -0.25) is 19.7 Å². The lowest BCUT2D eigenvalue weighted by Crippen LogP contribution is -2.07. The van der Waals surface area contributed by atoms with Crippen LogP contribution in [0.4, 0.5) is 5.69 Å². The standard InChI is InChI=1S/C26H24BrNO7S/c1-3-5-12-35-26(31)17-8-6-16(7-9-17)20-11-10-18(13-21(20)28(32)33)24(30)22-14-19(25(27)36-22)15-23(29)34-4-2/h6-11,13-14H,3-5,12,15H2,1-2H3. The Morgan fingerprint density at radius 3 is 2.33 bits per heavy atom. The van der Waals surface area contributed by atoms with Crippen LogP contribution in [0.5, 0.6) is 0 Å². The first kappa shape index (κ1) is 27.2. The second-order valence-electron chi connectivity index (χ2n) is 7.78. The van der Waals surface area contributed by atoms with Gasteiger partial charge in [-0.15, -0.1) is 11.3 Å². The molecule has 10 heteroatoms. The van der Waals surface area contributed by atoms with Crippen molar-refractivity contribution in [2.24, 2.45) is 0 Å². The van der Waals surface area contributed by atoms with Gasteiger partial charge in [0, 0.05) is 11.6 Å². The summed E-state index contributed by atoms with van der Waals surface area (Å²) in [5, 5.41) is 11.8. The van der Waals surface area contributed by atoms with Crippen LogP contribution in [-0.2, 0) is 20.7 Å². The van der Waals surface area contributed by atoms with Gasteiger partial charge in [-0.25, -0.2) is 4.79 Å². The molecule has 0 atom stereocenters. The van der Waals surface area contributed by atoms with Crippen LogP contribution in [0.1, 0.15) is 57.8 Å². The number of nitro benzene ring substituents is 1. The van der Waals surface area contributed by atoms with Crippen LogP contribution in [0.25, 0.3) is 11.1 Å². The largest absolute Gasteiger partial charge is 0.466 e. The maximum Gasteiger partial charge on any atom is 0.338 e. The molecule has 0 radical (unpaired) electrons. The first-order valence-corrected chi connectivity index (χ1v) is 12.9. The number of benzene rings is 2. The molecule has 0 aliphatic carbocycles. The molecule has 2 aromatic carbocycles. The zero-order valence-corrected chi connectivity index (χ0v) is 22.1. The number of hydrogen-bond donors (Lipinski definition) is 0. The van der Waals surface area contributed by atoms with Gasteiger partial charge < -0.3 is 9.47 Å². The average Bonchev–Trinajstić information content (AvgIpc) is 3.23. The number of carbonyl (C=O) groups is 3. The van der Waals surface area contributed by atoms with Crippen LogP contribution < -0.4 is 0 Å². The molecule has 3 rings (SSSR count). The van der Waals surface area contributed by atoms with Gasteiger partial charge in [0.25, 0.3) is 5.69 Å². The van der Waals surface area contributed by atoms with E-state index in [0.717, 1.165) is 24.2 Å². The van der Waals surface area contributed by atoms with E-state index in [1.807, 2.05) is 6.92 Å². The second-order valence-corrected chi connectivity index (χ2v) is 10.1. The lowest BCUT2D eigenvalue weighted by Gasteiger charge is -2.07. The van der Waals surface area contributed by atoms with Crippen molar-refractivity contribution in [1.82, 2.24) is 0 Å². The smallest absolute Gasteiger partial charge is 0.338 e. The van der Waals surface area contributed by atoms with Gasteiger partial charge in [0.05, 0.1) is 44.3 Å². The molecule has 0 aliphatic rings. The van der Waals surface area contributed by atoms with Crippen LogP contribution in [0, 0.1) is 10.1 Å². The topological polar surface area (TPSA) is 113 Å². The van der Waals surface area contributed by atoms with E-state index in [4.69, 9.17) is 9.47 Å². The summed E-state index contributed by atoms with van der Waals surface area (Å²) in [5.41, 5.74) is 1.73. The number of ketones is 1. The molecule has 0 N–H and O–H groups in total. The Bertz CT molecular complexity index is 1280. The highest BCUT2D eigenvalue weighted by Crippen LogP contribution is 2.34. The number of hydrogen-bond acceptors (Lipinski definition) is 8. The molecule has 0 unspecified atom stereocenters. The van der Waals surface area contributed by atoms with E-state index in [-0.39, 0.29) is 24.3 Å². The molecule has 188 valence electrons. The van der Waals surface area contributed by atoms with Crippen LogP contribution in [0.2, 0.25) is 0 Å². The molecule has 0 fully saturated rings. The Morgan fingerprint density at radius 2 is 1.69 bits per heavy atom. The second kappa shape index (κ2) is 12.5. The molecule has 0 spiro atoms. The van der Waals surface area contributed by atoms with E-state index >= 15 is 0 Å². The summed E-state index contributed by atoms with van der Waals surface area (Å²) in [4.78, 5) is 48.6. The average molecular weight is 574 g/mol. The number of nitro groups is 1. The van der Waals surface area contributed by atoms with Crippen LogP contribution in [-0.4, -0.2) is 35.9 Å². The van der Waals surface area contributed by atoms with Gasteiger partial charge in [-0.1, -0.05) is 25.5 Å². The van der Waals surface area contributed by atoms with Crippen molar-refractivity contribution in [3.05, 3.63) is 84.0 Å². The number of nitrogens with zero attached hydrogens (tertiary/aromatic N) is 1. The fourth-order valence-electron chi connectivity index (χ4n) is 3.40. The maximum atomic E-state index is 13.1. The lowest BCUT2D eigenvalue weighted by molar-refractivity contribution is -0.384. The molecule has 3 aromatic rings. The zero-order chi connectivity index (χ0) is 26.2. The Hall–Kier alpha value is -3.37. The van der Waals surface area contributed by atoms with Crippen molar-refractivity contribution < 1.29 is 28.8 Å². The third-order valence-electron chi connectivity index (χ3n) is 5.24. The highest BCUT2D eigenvalue weighted by molar-refractivity contribution is 9.11. The third kappa shape index (κ3) is 6.64. The fraction of sp³-hybridized carbons (Fsp3) is 0.269. The summed E-state index contributed by atoms with van der Waals surface area (Å²) in [6, 6.07) is 12.2. The summed E-state index contributed by atoms with van der Waals surface area (Å²) >= 11 is 4.52. The highest BCUT2D eigenvalue weighted by Gasteiger charge is 2.22. The highest BCUT2D eigenvalue weighted by atomic mass is 79.9. The molecular formula is C26H24BrNO7S. The normalized spacial score (nSPS) is 10.6. The minimum atomic E-state index is -0.546. The van der Waals surface area contributed by atoms with Crippen LogP contribution in [0.15, 0.2) is 52.3 Å². The molecule has 0 bridgehead atoms. The van der Waals surface area contributed by atoms with Crippen molar-refractivity contribution in [2.75, 3.05) is 13.2 Å². The number of carbonyl (C=O) groups excluding carboxylic acids is 3. The van der Waals surface area contributed by atoms with E-state index in [0.29, 0.717) is 37.5 Å². The summed E-state index contributed by atoms with van der Waals surface area (Å²) in [6.45, 7) is 4.30. The molecule has 0 saturated carbocycles. The van der Waals surface area contributed by atoms with Gasteiger partial charge in [0.15, 0.2) is 0 Å². The molecule has 1 aromatic heterocycles. The molecular weight excluding hydrogens is 550 g/mol. The molecule has 0 aliphatic heterocycles. The van der Waals surface area contributed by atoms with Crippen molar-refractivity contribution >= 4 is 50.7 Å². The summed E-state index contributed by atoms with van der Waals surface area (Å²) < 4.78 is 10.8. The number of ether oxygens (including phenoxy) is 2. The maximum absolute atomic E-state index is 13.1. The van der Waals surface area contributed by atoms with Crippen molar-refractivity contribution in [1.29, 1.82) is 0 Å². The Balaban J connectivity index is 1.84. The van der Waals surface area contributed by atoms with Crippen LogP contribution >= 0.6 is 27.3 Å². The van der Waals surface area contributed by atoms with Gasteiger partial charge in [-0.05, 0) is 70.7 Å². The summed E-state index contributed by atoms with van der Waals surface area (Å²) in [6.07, 6.45) is 1.70. The van der Waals surface area contributed by atoms with Gasteiger partial charge in [0.2, 0.25) is 5.78 Å². The number of rotatable bonds is 11. The van der Waals surface area contributed by atoms with E-state index in [2.05, 4.69) is 15.9 Å². The van der Waals surface area contributed by atoms with Crippen molar-refractivity contribution in [2.45, 2.75) is 33.1 Å². The summed E-state index contributed by atoms with van der Waals surface area (Å²) in [5.74, 6) is -1.25. The lowest BCUT2D eigenvalue weighted by atomic mass is 9.98. The van der Waals surface area contributed by atoms with Gasteiger partial charge in [0.1, 0.15) is 0 Å². The number of esters is 2. The number of thiophene rings is 1. The number of halogens is 1. The fourth-order valence-corrected chi connectivity index (χ4v) is 5.04. The molecule has 36 heavy (non-hydrogen) atoms. The van der Waals surface area contributed by atoms with E-state index in [9.17, 15) is 24.5 Å². The van der Waals surface area contributed by atoms with E-state index < -0.39 is 22.6 Å². The van der Waals surface area contributed by atoms with E-state index in [1.165, 1.54) is 18.2 Å². The molecule has 8 nitrogen and oxygen atoms in total. The zero-order valence-electron chi connectivity index (χ0n) is 19.7. The van der Waals surface area contributed by atoms with Gasteiger partial charge in [-0.2, -0.15) is 0 Å². The third-order valence-corrected chi connectivity index (χ3v) is 7.20. The summed E-state index contributed by atoms with van der Waals surface area (Å²) in [7, 11) is 0. The number of unbranched alkanes of at least 4 members (excludes halogenated alkanes) is 1. The first-order valence-electron chi connectivity index (χ1n) is 11.3. The van der Waals surface area contributed by atoms with Crippen molar-refractivity contribution in [3.8, 4) is 11.1 Å². The SMILES string of the molecule is CCCCOC(=O)c1ccc(-c2ccc(C(=O)c3cc(CC(=O)OCC)c(Br)s3)cc2[N+](=O)[O-])cc1. The van der Waals surface area contributed by atoms with Gasteiger partial charge >= 0.3 is 11.9 Å². The Kier molecular flexibility index (Phi) is 9.49. The molecule has 1 heterocycles. The van der Waals surface area contributed by atoms with E-state index in [1.54, 1.807) is 37.3 Å². The predicted molar refractivity (Wildman–Crippen MR) is 140 cm³/mol. The van der Waals surface area contributed by atoms with Crippen LogP contribution in [0.3, 0.4) is 0 Å². The Labute approximate surface area is 220 Å². The minimum absolute atomic E-state index is 0.0133. The minimum Gasteiger partial charge on any atom is -0.466 e. The van der Waals surface area contributed by atoms with Crippen molar-refractivity contribution in [3.63, 3.8) is 0 Å². The monoisotopic (exact) mass is 573 g/mol. The molecule has 0 amide bonds. The Morgan fingerprint density at radius 1 is 1.00 bits per heavy atom. The molecule has 0 saturated heterocycles. The first-order chi connectivity index (χ1) is 17.2. The predicted octanol–water partition coefficient (Wildman–Crippen LogP) is 6.38.